The normalized spacial score (nSPS) is 10.9. The number of hydrogen-bond acceptors (Lipinski definition) is 2. The minimum absolute atomic E-state index is 0.104. The predicted molar refractivity (Wildman–Crippen MR) is 93.4 cm³/mol. The van der Waals surface area contributed by atoms with Crippen LogP contribution in [0.5, 0.6) is 0 Å². The van der Waals surface area contributed by atoms with Gasteiger partial charge in [-0.2, -0.15) is 0 Å². The first-order valence-corrected chi connectivity index (χ1v) is 7.98. The summed E-state index contributed by atoms with van der Waals surface area (Å²) in [5.74, 6) is 0.104. The number of ketones is 1. The summed E-state index contributed by atoms with van der Waals surface area (Å²) in [6.45, 7) is 4.07. The Bertz CT molecular complexity index is 870. The van der Waals surface area contributed by atoms with Gasteiger partial charge in [-0.1, -0.05) is 34.1 Å². The molecule has 22 heavy (non-hydrogen) atoms. The molecule has 0 aliphatic rings. The number of aryl methyl sites for hydroxylation is 2. The van der Waals surface area contributed by atoms with Crippen LogP contribution in [0.1, 0.15) is 27.2 Å². The monoisotopic (exact) mass is 353 g/mol. The van der Waals surface area contributed by atoms with E-state index >= 15 is 0 Å². The van der Waals surface area contributed by atoms with Crippen LogP contribution in [-0.2, 0) is 6.42 Å². The second-order valence-electron chi connectivity index (χ2n) is 5.54. The molecule has 0 saturated heterocycles. The van der Waals surface area contributed by atoms with E-state index in [9.17, 15) is 4.79 Å². The molecular formula is C19H16BrNO. The van der Waals surface area contributed by atoms with Crippen molar-refractivity contribution in [1.82, 2.24) is 4.98 Å². The number of rotatable bonds is 3. The van der Waals surface area contributed by atoms with E-state index in [1.54, 1.807) is 0 Å². The number of nitrogens with zero attached hydrogens (tertiary/aromatic N) is 1. The molecule has 0 atom stereocenters. The molecule has 0 unspecified atom stereocenters. The van der Waals surface area contributed by atoms with E-state index in [1.165, 1.54) is 5.56 Å². The van der Waals surface area contributed by atoms with E-state index in [1.807, 2.05) is 62.4 Å². The van der Waals surface area contributed by atoms with E-state index < -0.39 is 0 Å². The van der Waals surface area contributed by atoms with E-state index in [-0.39, 0.29) is 5.78 Å². The molecular weight excluding hydrogens is 338 g/mol. The van der Waals surface area contributed by atoms with Crippen molar-refractivity contribution in [2.45, 2.75) is 20.3 Å². The van der Waals surface area contributed by atoms with Gasteiger partial charge in [0.05, 0.1) is 11.9 Å². The number of carbonyl (C=O) groups excluding carboxylic acids is 1. The average Bonchev–Trinajstić information content (AvgIpc) is 2.50. The first-order valence-electron chi connectivity index (χ1n) is 7.18. The van der Waals surface area contributed by atoms with Crippen LogP contribution in [0.4, 0.5) is 0 Å². The van der Waals surface area contributed by atoms with Gasteiger partial charge < -0.3 is 0 Å². The molecule has 0 bridgehead atoms. The molecule has 1 aromatic heterocycles. The largest absolute Gasteiger partial charge is 0.294 e. The van der Waals surface area contributed by atoms with E-state index in [0.29, 0.717) is 6.42 Å². The highest BCUT2D eigenvalue weighted by atomic mass is 79.9. The quantitative estimate of drug-likeness (QED) is 0.617. The van der Waals surface area contributed by atoms with Crippen LogP contribution in [-0.4, -0.2) is 10.8 Å². The molecule has 3 heteroatoms. The molecule has 0 radical (unpaired) electrons. The van der Waals surface area contributed by atoms with E-state index in [0.717, 1.165) is 32.2 Å². The Morgan fingerprint density at radius 3 is 2.59 bits per heavy atom. The minimum atomic E-state index is 0.104. The highest BCUT2D eigenvalue weighted by molar-refractivity contribution is 9.10. The molecule has 0 aliphatic carbocycles. The number of fused-ring (bicyclic) bond motifs is 1. The highest BCUT2D eigenvalue weighted by Crippen LogP contribution is 2.19. The first kappa shape index (κ1) is 14.9. The lowest BCUT2D eigenvalue weighted by Crippen LogP contribution is -2.05. The van der Waals surface area contributed by atoms with Crippen molar-refractivity contribution in [1.29, 1.82) is 0 Å². The van der Waals surface area contributed by atoms with Gasteiger partial charge in [-0.15, -0.1) is 0 Å². The van der Waals surface area contributed by atoms with Gasteiger partial charge in [0.1, 0.15) is 0 Å². The Morgan fingerprint density at radius 2 is 1.82 bits per heavy atom. The van der Waals surface area contributed by atoms with Gasteiger partial charge in [0.2, 0.25) is 0 Å². The average molecular weight is 354 g/mol. The van der Waals surface area contributed by atoms with Gasteiger partial charge in [0, 0.05) is 21.1 Å². The van der Waals surface area contributed by atoms with Gasteiger partial charge >= 0.3 is 0 Å². The van der Waals surface area contributed by atoms with Crippen LogP contribution in [0.15, 0.2) is 53.0 Å². The van der Waals surface area contributed by atoms with Crippen LogP contribution in [0.3, 0.4) is 0 Å². The third-order valence-electron chi connectivity index (χ3n) is 3.88. The number of hydrogen-bond donors (Lipinski definition) is 0. The van der Waals surface area contributed by atoms with Crippen molar-refractivity contribution in [2.24, 2.45) is 0 Å². The SMILES string of the molecule is Cc1ccc(C(=O)Cc2ccc3cc(Br)ccc3n2)cc1C. The maximum Gasteiger partial charge on any atom is 0.168 e. The molecule has 110 valence electrons. The molecule has 0 fully saturated rings. The second-order valence-corrected chi connectivity index (χ2v) is 6.45. The van der Waals surface area contributed by atoms with Crippen molar-refractivity contribution in [3.8, 4) is 0 Å². The maximum atomic E-state index is 12.4. The van der Waals surface area contributed by atoms with Crippen LogP contribution >= 0.6 is 15.9 Å². The van der Waals surface area contributed by atoms with Crippen molar-refractivity contribution < 1.29 is 4.79 Å². The van der Waals surface area contributed by atoms with Gasteiger partial charge in [0.25, 0.3) is 0 Å². The van der Waals surface area contributed by atoms with Crippen molar-refractivity contribution >= 4 is 32.6 Å². The Labute approximate surface area is 138 Å². The van der Waals surface area contributed by atoms with Crippen molar-refractivity contribution in [3.05, 3.63) is 75.4 Å². The topological polar surface area (TPSA) is 30.0 Å². The first-order chi connectivity index (χ1) is 10.5. The fraction of sp³-hybridized carbons (Fsp3) is 0.158. The molecule has 2 aromatic carbocycles. The zero-order chi connectivity index (χ0) is 15.7. The molecule has 1 heterocycles. The third kappa shape index (κ3) is 3.09. The summed E-state index contributed by atoms with van der Waals surface area (Å²) in [6, 6.07) is 15.7. The van der Waals surface area contributed by atoms with Gasteiger partial charge in [-0.3, -0.25) is 9.78 Å². The summed E-state index contributed by atoms with van der Waals surface area (Å²) in [5, 5.41) is 1.07. The molecule has 0 aliphatic heterocycles. The lowest BCUT2D eigenvalue weighted by Gasteiger charge is -2.06. The third-order valence-corrected chi connectivity index (χ3v) is 4.37. The molecule has 3 aromatic rings. The molecule has 3 rings (SSSR count). The van der Waals surface area contributed by atoms with Gasteiger partial charge in [0.15, 0.2) is 5.78 Å². The lowest BCUT2D eigenvalue weighted by molar-refractivity contribution is 0.0992. The number of halogens is 1. The summed E-state index contributed by atoms with van der Waals surface area (Å²) in [6.07, 6.45) is 0.328. The second kappa shape index (κ2) is 6.01. The van der Waals surface area contributed by atoms with Crippen LogP contribution in [0.25, 0.3) is 10.9 Å². The Balaban J connectivity index is 1.87. The summed E-state index contributed by atoms with van der Waals surface area (Å²) in [5.41, 5.74) is 4.81. The van der Waals surface area contributed by atoms with Crippen LogP contribution < -0.4 is 0 Å². The molecule has 2 nitrogen and oxygen atoms in total. The molecule has 0 spiro atoms. The lowest BCUT2D eigenvalue weighted by atomic mass is 10.0. The number of pyridine rings is 1. The summed E-state index contributed by atoms with van der Waals surface area (Å²) in [4.78, 5) is 17.0. The van der Waals surface area contributed by atoms with Gasteiger partial charge in [-0.25, -0.2) is 0 Å². The highest BCUT2D eigenvalue weighted by Gasteiger charge is 2.09. The summed E-state index contributed by atoms with van der Waals surface area (Å²) >= 11 is 3.45. The smallest absolute Gasteiger partial charge is 0.168 e. The standard InChI is InChI=1S/C19H16BrNO/c1-12-3-4-15(9-13(12)2)19(22)11-17-7-5-14-10-16(20)6-8-18(14)21-17/h3-10H,11H2,1-2H3. The Kier molecular flexibility index (Phi) is 4.08. The number of aromatic nitrogens is 1. The van der Waals surface area contributed by atoms with Crippen molar-refractivity contribution in [2.75, 3.05) is 0 Å². The van der Waals surface area contributed by atoms with E-state index in [2.05, 4.69) is 20.9 Å². The Morgan fingerprint density at radius 1 is 1.00 bits per heavy atom. The summed E-state index contributed by atoms with van der Waals surface area (Å²) < 4.78 is 1.03. The predicted octanol–water partition coefficient (Wildman–Crippen LogP) is 5.04. The molecule has 0 N–H and O–H groups in total. The van der Waals surface area contributed by atoms with Crippen LogP contribution in [0.2, 0.25) is 0 Å². The fourth-order valence-electron chi connectivity index (χ4n) is 2.42. The molecule has 0 saturated carbocycles. The Hall–Kier alpha value is -2.00. The molecule has 0 amide bonds. The maximum absolute atomic E-state index is 12.4. The zero-order valence-corrected chi connectivity index (χ0v) is 14.1. The van der Waals surface area contributed by atoms with Crippen molar-refractivity contribution in [3.63, 3.8) is 0 Å². The fourth-order valence-corrected chi connectivity index (χ4v) is 2.80. The van der Waals surface area contributed by atoms with E-state index in [4.69, 9.17) is 0 Å². The zero-order valence-electron chi connectivity index (χ0n) is 12.6. The van der Waals surface area contributed by atoms with Crippen LogP contribution in [0, 0.1) is 13.8 Å². The number of carbonyl (C=O) groups is 1. The van der Waals surface area contributed by atoms with Gasteiger partial charge in [-0.05, 0) is 55.3 Å². The summed E-state index contributed by atoms with van der Waals surface area (Å²) in [7, 11) is 0. The number of Topliss-reactive ketones (excluding diaryl/α,β-unsaturated/α-hetero) is 1. The number of benzene rings is 2. The minimum Gasteiger partial charge on any atom is -0.294 e.